The zero-order valence-electron chi connectivity index (χ0n) is 19.7. The standard InChI is InChI=1S/C27H28N2O5S/c1-18-3-4-21(27(31)34-2)17-25(18)19-5-7-20(8-6-19)26(30)29-23-11-9-22(10-12-23)28-24-13-15-35(32,33)16-14-24/h3-12,17,24,28H,13-16H2,1-2H3,(H,29,30). The van der Waals surface area contributed by atoms with E-state index in [2.05, 4.69) is 10.6 Å². The molecule has 1 saturated heterocycles. The molecule has 8 heteroatoms. The van der Waals surface area contributed by atoms with Crippen molar-refractivity contribution in [3.05, 3.63) is 83.4 Å². The van der Waals surface area contributed by atoms with Crippen molar-refractivity contribution in [2.45, 2.75) is 25.8 Å². The average Bonchev–Trinajstić information content (AvgIpc) is 2.86. The Hall–Kier alpha value is -3.65. The number of carbonyl (C=O) groups is 2. The van der Waals surface area contributed by atoms with E-state index >= 15 is 0 Å². The van der Waals surface area contributed by atoms with Crippen LogP contribution in [-0.2, 0) is 14.6 Å². The van der Waals surface area contributed by atoms with Gasteiger partial charge in [-0.3, -0.25) is 4.79 Å². The number of carbonyl (C=O) groups excluding carboxylic acids is 2. The van der Waals surface area contributed by atoms with Gasteiger partial charge in [0.05, 0.1) is 24.2 Å². The average molecular weight is 493 g/mol. The normalized spacial score (nSPS) is 15.3. The van der Waals surface area contributed by atoms with E-state index in [1.165, 1.54) is 7.11 Å². The van der Waals surface area contributed by atoms with Crippen LogP contribution in [-0.4, -0.2) is 45.0 Å². The molecular weight excluding hydrogens is 464 g/mol. The maximum absolute atomic E-state index is 12.7. The minimum Gasteiger partial charge on any atom is -0.465 e. The molecule has 0 unspecified atom stereocenters. The fourth-order valence-electron chi connectivity index (χ4n) is 4.10. The van der Waals surface area contributed by atoms with Gasteiger partial charge in [0.1, 0.15) is 9.84 Å². The van der Waals surface area contributed by atoms with Gasteiger partial charge < -0.3 is 15.4 Å². The van der Waals surface area contributed by atoms with Crippen LogP contribution in [0.3, 0.4) is 0 Å². The second-order valence-corrected chi connectivity index (χ2v) is 11.0. The van der Waals surface area contributed by atoms with Crippen molar-refractivity contribution in [2.75, 3.05) is 29.2 Å². The van der Waals surface area contributed by atoms with Gasteiger partial charge in [-0.05, 0) is 85.0 Å². The molecule has 0 atom stereocenters. The van der Waals surface area contributed by atoms with Crippen molar-refractivity contribution in [3.8, 4) is 11.1 Å². The molecule has 1 amide bonds. The summed E-state index contributed by atoms with van der Waals surface area (Å²) in [6, 6.07) is 20.1. The molecule has 182 valence electrons. The van der Waals surface area contributed by atoms with E-state index in [0.29, 0.717) is 29.7 Å². The van der Waals surface area contributed by atoms with Gasteiger partial charge >= 0.3 is 5.97 Å². The highest BCUT2D eigenvalue weighted by atomic mass is 32.2. The molecule has 35 heavy (non-hydrogen) atoms. The van der Waals surface area contributed by atoms with Crippen molar-refractivity contribution in [2.24, 2.45) is 0 Å². The summed E-state index contributed by atoms with van der Waals surface area (Å²) in [4.78, 5) is 24.6. The molecular formula is C27H28N2O5S. The van der Waals surface area contributed by atoms with Gasteiger partial charge in [0, 0.05) is 23.0 Å². The zero-order chi connectivity index (χ0) is 25.0. The molecule has 4 rings (SSSR count). The SMILES string of the molecule is COC(=O)c1ccc(C)c(-c2ccc(C(=O)Nc3ccc(NC4CCS(=O)(=O)CC4)cc3)cc2)c1. The van der Waals surface area contributed by atoms with Gasteiger partial charge in [0.15, 0.2) is 0 Å². The third kappa shape index (κ3) is 6.08. The van der Waals surface area contributed by atoms with E-state index in [9.17, 15) is 18.0 Å². The first-order chi connectivity index (χ1) is 16.7. The summed E-state index contributed by atoms with van der Waals surface area (Å²) in [5.74, 6) is -0.188. The molecule has 1 fully saturated rings. The molecule has 0 spiro atoms. The Morgan fingerprint density at radius 1 is 0.857 bits per heavy atom. The maximum atomic E-state index is 12.7. The minimum absolute atomic E-state index is 0.134. The molecule has 0 bridgehead atoms. The number of rotatable bonds is 6. The van der Waals surface area contributed by atoms with Gasteiger partial charge in [-0.15, -0.1) is 0 Å². The van der Waals surface area contributed by atoms with Gasteiger partial charge in [-0.1, -0.05) is 18.2 Å². The van der Waals surface area contributed by atoms with E-state index < -0.39 is 15.8 Å². The van der Waals surface area contributed by atoms with Crippen LogP contribution in [0.25, 0.3) is 11.1 Å². The summed E-state index contributed by atoms with van der Waals surface area (Å²) in [5.41, 5.74) is 5.36. The first kappa shape index (κ1) is 24.5. The van der Waals surface area contributed by atoms with Crippen molar-refractivity contribution in [3.63, 3.8) is 0 Å². The van der Waals surface area contributed by atoms with E-state index in [4.69, 9.17) is 4.74 Å². The number of aryl methyl sites for hydroxylation is 1. The van der Waals surface area contributed by atoms with Gasteiger partial charge in [-0.25, -0.2) is 13.2 Å². The van der Waals surface area contributed by atoms with Crippen LogP contribution in [0.5, 0.6) is 0 Å². The highest BCUT2D eigenvalue weighted by Crippen LogP contribution is 2.26. The van der Waals surface area contributed by atoms with E-state index in [0.717, 1.165) is 22.4 Å². The van der Waals surface area contributed by atoms with Gasteiger partial charge in [0.25, 0.3) is 5.91 Å². The van der Waals surface area contributed by atoms with Crippen molar-refractivity contribution in [1.82, 2.24) is 0 Å². The zero-order valence-corrected chi connectivity index (χ0v) is 20.5. The second kappa shape index (κ2) is 10.3. The van der Waals surface area contributed by atoms with Crippen LogP contribution in [0.15, 0.2) is 66.7 Å². The quantitative estimate of drug-likeness (QED) is 0.484. The molecule has 1 heterocycles. The molecule has 0 aromatic heterocycles. The summed E-state index contributed by atoms with van der Waals surface area (Å²) in [6.07, 6.45) is 1.20. The lowest BCUT2D eigenvalue weighted by Gasteiger charge is -2.24. The number of nitrogens with one attached hydrogen (secondary N) is 2. The van der Waals surface area contributed by atoms with Crippen LogP contribution < -0.4 is 10.6 Å². The largest absolute Gasteiger partial charge is 0.465 e. The lowest BCUT2D eigenvalue weighted by Crippen LogP contribution is -2.32. The Balaban J connectivity index is 1.39. The molecule has 3 aromatic carbocycles. The van der Waals surface area contributed by atoms with E-state index in [1.807, 2.05) is 49.4 Å². The molecule has 3 aromatic rings. The number of hydrogen-bond acceptors (Lipinski definition) is 6. The second-order valence-electron chi connectivity index (χ2n) is 8.70. The number of sulfone groups is 1. The Bertz CT molecular complexity index is 1320. The fraction of sp³-hybridized carbons (Fsp3) is 0.259. The molecule has 2 N–H and O–H groups in total. The Kier molecular flexibility index (Phi) is 7.21. The smallest absolute Gasteiger partial charge is 0.337 e. The highest BCUT2D eigenvalue weighted by Gasteiger charge is 2.23. The molecule has 0 saturated carbocycles. The predicted molar refractivity (Wildman–Crippen MR) is 138 cm³/mol. The predicted octanol–water partition coefficient (Wildman–Crippen LogP) is 4.69. The van der Waals surface area contributed by atoms with Crippen LogP contribution in [0.2, 0.25) is 0 Å². The third-order valence-corrected chi connectivity index (χ3v) is 7.90. The van der Waals surface area contributed by atoms with Crippen LogP contribution in [0.4, 0.5) is 11.4 Å². The number of esters is 1. The maximum Gasteiger partial charge on any atom is 0.337 e. The Morgan fingerprint density at radius 3 is 2.09 bits per heavy atom. The summed E-state index contributed by atoms with van der Waals surface area (Å²) < 4.78 is 28.0. The van der Waals surface area contributed by atoms with Crippen molar-refractivity contribution in [1.29, 1.82) is 0 Å². The molecule has 0 aliphatic carbocycles. The lowest BCUT2D eigenvalue weighted by molar-refractivity contribution is 0.0600. The summed E-state index contributed by atoms with van der Waals surface area (Å²) in [6.45, 7) is 1.96. The number of ether oxygens (including phenoxy) is 1. The molecule has 1 aliphatic heterocycles. The fourth-order valence-corrected chi connectivity index (χ4v) is 5.59. The number of anilines is 2. The summed E-state index contributed by atoms with van der Waals surface area (Å²) in [5, 5.41) is 6.26. The van der Waals surface area contributed by atoms with E-state index in [1.54, 1.807) is 24.3 Å². The van der Waals surface area contributed by atoms with Gasteiger partial charge in [-0.2, -0.15) is 0 Å². The molecule has 0 radical (unpaired) electrons. The first-order valence-corrected chi connectivity index (χ1v) is 13.2. The number of benzene rings is 3. The van der Waals surface area contributed by atoms with Gasteiger partial charge in [0.2, 0.25) is 0 Å². The highest BCUT2D eigenvalue weighted by molar-refractivity contribution is 7.91. The van der Waals surface area contributed by atoms with E-state index in [-0.39, 0.29) is 23.5 Å². The van der Waals surface area contributed by atoms with Crippen LogP contribution in [0, 0.1) is 6.92 Å². The lowest BCUT2D eigenvalue weighted by atomic mass is 9.97. The monoisotopic (exact) mass is 492 g/mol. The minimum atomic E-state index is -2.89. The number of amides is 1. The summed E-state index contributed by atoms with van der Waals surface area (Å²) >= 11 is 0. The summed E-state index contributed by atoms with van der Waals surface area (Å²) in [7, 11) is -1.54. The Labute approximate surface area is 205 Å². The topological polar surface area (TPSA) is 102 Å². The molecule has 7 nitrogen and oxygen atoms in total. The first-order valence-electron chi connectivity index (χ1n) is 11.4. The van der Waals surface area contributed by atoms with Crippen LogP contribution >= 0.6 is 0 Å². The molecule has 1 aliphatic rings. The van der Waals surface area contributed by atoms with Crippen LogP contribution in [0.1, 0.15) is 39.1 Å². The van der Waals surface area contributed by atoms with Crippen molar-refractivity contribution >= 4 is 33.1 Å². The number of hydrogen-bond donors (Lipinski definition) is 2. The third-order valence-electron chi connectivity index (χ3n) is 6.18. The number of methoxy groups -OCH3 is 1. The Morgan fingerprint density at radius 2 is 1.46 bits per heavy atom. The van der Waals surface area contributed by atoms with Crippen molar-refractivity contribution < 1.29 is 22.7 Å².